The Morgan fingerprint density at radius 1 is 1.56 bits per heavy atom. The molecule has 2 nitrogen and oxygen atoms in total. The lowest BCUT2D eigenvalue weighted by Crippen LogP contribution is -2.36. The normalized spacial score (nSPS) is 44.9. The molecule has 0 N–H and O–H groups in total. The van der Waals surface area contributed by atoms with Crippen molar-refractivity contribution in [2.24, 2.45) is 0 Å². The summed E-state index contributed by atoms with van der Waals surface area (Å²) in [5.41, 5.74) is 0. The first-order chi connectivity index (χ1) is 4.22. The molecule has 1 aliphatic heterocycles. The third-order valence-corrected chi connectivity index (χ3v) is 3.52. The van der Waals surface area contributed by atoms with E-state index in [-0.39, 0.29) is 11.4 Å². The fourth-order valence-electron chi connectivity index (χ4n) is 0.851. The Bertz CT molecular complexity index is 124. The average Bonchev–Trinajstić information content (AvgIpc) is 1.83. The van der Waals surface area contributed by atoms with Gasteiger partial charge in [-0.15, -0.1) is 0 Å². The fraction of sp³-hybridized carbons (Fsp3) is 1.00. The molecule has 1 saturated heterocycles. The summed E-state index contributed by atoms with van der Waals surface area (Å²) in [7, 11) is -0.640. The van der Waals surface area contributed by atoms with Crippen LogP contribution in [0, 0.1) is 0 Å². The minimum absolute atomic E-state index is 0.180. The van der Waals surface area contributed by atoms with Gasteiger partial charge in [-0.3, -0.25) is 4.21 Å². The van der Waals surface area contributed by atoms with Gasteiger partial charge < -0.3 is 4.74 Å². The van der Waals surface area contributed by atoms with Crippen molar-refractivity contribution >= 4 is 10.8 Å². The lowest BCUT2D eigenvalue weighted by Gasteiger charge is -2.24. The summed E-state index contributed by atoms with van der Waals surface area (Å²) in [4.78, 5) is 0. The molecule has 3 heteroatoms. The van der Waals surface area contributed by atoms with Crippen LogP contribution >= 0.6 is 0 Å². The molecule has 0 unspecified atom stereocenters. The maximum Gasteiger partial charge on any atom is 0.0688 e. The molecule has 1 fully saturated rings. The summed E-state index contributed by atoms with van der Waals surface area (Å²) < 4.78 is 16.3. The van der Waals surface area contributed by atoms with Crippen molar-refractivity contribution in [1.29, 1.82) is 0 Å². The largest absolute Gasteiger partial charge is 0.376 e. The van der Waals surface area contributed by atoms with Gasteiger partial charge in [-0.2, -0.15) is 0 Å². The van der Waals surface area contributed by atoms with Crippen LogP contribution in [-0.2, 0) is 15.5 Å². The Morgan fingerprint density at radius 3 is 2.67 bits per heavy atom. The molecule has 1 rings (SSSR count). The van der Waals surface area contributed by atoms with Crippen molar-refractivity contribution in [2.45, 2.75) is 25.2 Å². The average molecular weight is 148 g/mol. The van der Waals surface area contributed by atoms with E-state index < -0.39 is 10.8 Å². The Balaban J connectivity index is 2.51. The monoisotopic (exact) mass is 148 g/mol. The predicted octanol–water partition coefficient (Wildman–Crippen LogP) is 0.542. The highest BCUT2D eigenvalue weighted by Gasteiger charge is 2.23. The first-order valence-corrected chi connectivity index (χ1v) is 4.59. The molecule has 3 atom stereocenters. The van der Waals surface area contributed by atoms with Crippen LogP contribution in [0.2, 0.25) is 0 Å². The third-order valence-electron chi connectivity index (χ3n) is 1.74. The van der Waals surface area contributed by atoms with E-state index in [9.17, 15) is 4.21 Å². The Morgan fingerprint density at radius 2 is 2.22 bits per heavy atom. The molecule has 0 aromatic heterocycles. The first-order valence-electron chi connectivity index (χ1n) is 3.20. The minimum atomic E-state index is -0.640. The molecule has 54 valence electrons. The van der Waals surface area contributed by atoms with Crippen LogP contribution in [0.25, 0.3) is 0 Å². The molecule has 0 bridgehead atoms. The summed E-state index contributed by atoms with van der Waals surface area (Å²) in [6.45, 7) is 4.61. The summed E-state index contributed by atoms with van der Waals surface area (Å²) in [5.74, 6) is 0.714. The zero-order chi connectivity index (χ0) is 6.85. The number of rotatable bonds is 0. The minimum Gasteiger partial charge on any atom is -0.376 e. The van der Waals surface area contributed by atoms with Gasteiger partial charge in [0.05, 0.1) is 18.0 Å². The van der Waals surface area contributed by atoms with E-state index in [2.05, 4.69) is 0 Å². The van der Waals surface area contributed by atoms with Crippen LogP contribution in [0.5, 0.6) is 0 Å². The highest BCUT2D eigenvalue weighted by molar-refractivity contribution is 7.85. The van der Waals surface area contributed by atoms with Crippen molar-refractivity contribution in [3.63, 3.8) is 0 Å². The van der Waals surface area contributed by atoms with E-state index in [0.29, 0.717) is 12.4 Å². The summed E-state index contributed by atoms with van der Waals surface area (Å²) in [6, 6.07) is 0. The zero-order valence-electron chi connectivity index (χ0n) is 5.79. The molecule has 1 aliphatic rings. The van der Waals surface area contributed by atoms with E-state index in [1.165, 1.54) is 0 Å². The zero-order valence-corrected chi connectivity index (χ0v) is 6.61. The van der Waals surface area contributed by atoms with Crippen LogP contribution in [0.4, 0.5) is 0 Å². The molecule has 0 aromatic rings. The Labute approximate surface area is 58.0 Å². The maximum atomic E-state index is 11.0. The summed E-state index contributed by atoms with van der Waals surface area (Å²) in [5, 5.41) is 0.221. The van der Waals surface area contributed by atoms with Crippen LogP contribution in [-0.4, -0.2) is 27.9 Å². The standard InChI is InChI=1S/C6H12O2S/c1-5-6(2)9(7)4-3-8-5/h5-6H,3-4H2,1-2H3/t5-,6-,9-/m0/s1. The Kier molecular flexibility index (Phi) is 2.24. The molecule has 0 radical (unpaired) electrons. The SMILES string of the molecule is C[C@@H]1OCC[S@](=O)[C@H]1C. The van der Waals surface area contributed by atoms with Gasteiger partial charge in [-0.05, 0) is 13.8 Å². The Hall–Kier alpha value is 0.110. The third kappa shape index (κ3) is 1.52. The fourth-order valence-corrected chi connectivity index (χ4v) is 1.99. The second-order valence-corrected chi connectivity index (χ2v) is 4.28. The van der Waals surface area contributed by atoms with Gasteiger partial charge in [0, 0.05) is 16.6 Å². The van der Waals surface area contributed by atoms with Crippen LogP contribution in [0.1, 0.15) is 13.8 Å². The summed E-state index contributed by atoms with van der Waals surface area (Å²) >= 11 is 0. The lowest BCUT2D eigenvalue weighted by atomic mass is 10.3. The van der Waals surface area contributed by atoms with Gasteiger partial charge in [0.1, 0.15) is 0 Å². The van der Waals surface area contributed by atoms with Crippen LogP contribution in [0.3, 0.4) is 0 Å². The van der Waals surface area contributed by atoms with Gasteiger partial charge in [-0.25, -0.2) is 0 Å². The van der Waals surface area contributed by atoms with Gasteiger partial charge >= 0.3 is 0 Å². The number of hydrogen-bond acceptors (Lipinski definition) is 2. The molecule has 1 heterocycles. The van der Waals surface area contributed by atoms with Crippen LogP contribution in [0.15, 0.2) is 0 Å². The van der Waals surface area contributed by atoms with Crippen molar-refractivity contribution in [2.75, 3.05) is 12.4 Å². The van der Waals surface area contributed by atoms with Crippen molar-refractivity contribution in [3.05, 3.63) is 0 Å². The highest BCUT2D eigenvalue weighted by atomic mass is 32.2. The van der Waals surface area contributed by atoms with Crippen LogP contribution < -0.4 is 0 Å². The molecular formula is C6H12O2S. The molecule has 0 amide bonds. The quantitative estimate of drug-likeness (QED) is 0.501. The van der Waals surface area contributed by atoms with Gasteiger partial charge in [-0.1, -0.05) is 0 Å². The predicted molar refractivity (Wildman–Crippen MR) is 37.9 cm³/mol. The smallest absolute Gasteiger partial charge is 0.0688 e. The van der Waals surface area contributed by atoms with E-state index >= 15 is 0 Å². The molecule has 9 heavy (non-hydrogen) atoms. The van der Waals surface area contributed by atoms with E-state index in [1.807, 2.05) is 13.8 Å². The topological polar surface area (TPSA) is 26.3 Å². The second kappa shape index (κ2) is 2.80. The molecular weight excluding hydrogens is 136 g/mol. The van der Waals surface area contributed by atoms with Crippen molar-refractivity contribution < 1.29 is 8.95 Å². The van der Waals surface area contributed by atoms with Gasteiger partial charge in [0.15, 0.2) is 0 Å². The number of ether oxygens (including phenoxy) is 1. The van der Waals surface area contributed by atoms with Gasteiger partial charge in [0.2, 0.25) is 0 Å². The highest BCUT2D eigenvalue weighted by Crippen LogP contribution is 2.11. The second-order valence-electron chi connectivity index (χ2n) is 2.37. The van der Waals surface area contributed by atoms with Crippen molar-refractivity contribution in [1.82, 2.24) is 0 Å². The molecule has 0 saturated carbocycles. The van der Waals surface area contributed by atoms with E-state index in [4.69, 9.17) is 4.74 Å². The van der Waals surface area contributed by atoms with Gasteiger partial charge in [0.25, 0.3) is 0 Å². The lowest BCUT2D eigenvalue weighted by molar-refractivity contribution is 0.0701. The molecule has 0 aliphatic carbocycles. The van der Waals surface area contributed by atoms with E-state index in [1.54, 1.807) is 0 Å². The number of hydrogen-bond donors (Lipinski definition) is 0. The summed E-state index contributed by atoms with van der Waals surface area (Å²) in [6.07, 6.45) is 0.180. The molecule has 0 aromatic carbocycles. The maximum absolute atomic E-state index is 11.0. The van der Waals surface area contributed by atoms with Crippen molar-refractivity contribution in [3.8, 4) is 0 Å². The molecule has 0 spiro atoms. The first kappa shape index (κ1) is 7.22. The van der Waals surface area contributed by atoms with E-state index in [0.717, 1.165) is 0 Å².